The van der Waals surface area contributed by atoms with Crippen molar-refractivity contribution in [1.82, 2.24) is 4.98 Å². The lowest BCUT2D eigenvalue weighted by molar-refractivity contribution is -0.385. The van der Waals surface area contributed by atoms with Crippen molar-refractivity contribution in [2.45, 2.75) is 0 Å². The number of fused-ring (bicyclic) bond motifs is 1. The van der Waals surface area contributed by atoms with E-state index in [1.165, 1.54) is 36.4 Å². The molecule has 2 N–H and O–H groups in total. The molecule has 0 bridgehead atoms. The first kappa shape index (κ1) is 17.1. The van der Waals surface area contributed by atoms with Crippen LogP contribution in [-0.4, -0.2) is 28.9 Å². The predicted octanol–water partition coefficient (Wildman–Crippen LogP) is 3.25. The number of H-pyrrole nitrogens is 1. The van der Waals surface area contributed by atoms with Gasteiger partial charge in [0.25, 0.3) is 11.6 Å². The number of anilines is 1. The molecule has 0 aliphatic rings. The van der Waals surface area contributed by atoms with E-state index in [4.69, 9.17) is 0 Å². The highest BCUT2D eigenvalue weighted by atomic mass is 19.1. The third-order valence-corrected chi connectivity index (χ3v) is 3.73. The lowest BCUT2D eigenvalue weighted by Gasteiger charge is -2.07. The molecule has 1 amide bonds. The van der Waals surface area contributed by atoms with Gasteiger partial charge in [0.05, 0.1) is 17.7 Å². The normalized spacial score (nSPS) is 10.5. The molecule has 0 aliphatic carbocycles. The lowest BCUT2D eigenvalue weighted by Crippen LogP contribution is -2.16. The quantitative estimate of drug-likeness (QED) is 0.422. The summed E-state index contributed by atoms with van der Waals surface area (Å²) in [5.74, 6) is -2.17. The standard InChI is InChI=1S/C17H12FN3O5/c1-26-17(23)15-14(11-8-9(18)6-7-12(11)19-15)20-16(22)10-4-2-3-5-13(10)21(24)25/h2-8,19H,1H3,(H,20,22). The SMILES string of the molecule is COC(=O)c1[nH]c2ccc(F)cc2c1NC(=O)c1ccccc1[N+](=O)[O-]. The number of methoxy groups -OCH3 is 1. The molecule has 0 atom stereocenters. The van der Waals surface area contributed by atoms with Gasteiger partial charge in [-0.3, -0.25) is 14.9 Å². The highest BCUT2D eigenvalue weighted by molar-refractivity contribution is 6.15. The Labute approximate surface area is 145 Å². The molecule has 9 heteroatoms. The summed E-state index contributed by atoms with van der Waals surface area (Å²) in [6, 6.07) is 9.08. The number of hydrogen-bond donors (Lipinski definition) is 2. The fourth-order valence-electron chi connectivity index (χ4n) is 2.55. The van der Waals surface area contributed by atoms with Gasteiger partial charge in [0.2, 0.25) is 0 Å². The second-order valence-electron chi connectivity index (χ2n) is 5.28. The van der Waals surface area contributed by atoms with Crippen molar-refractivity contribution in [3.63, 3.8) is 0 Å². The fourth-order valence-corrected chi connectivity index (χ4v) is 2.55. The van der Waals surface area contributed by atoms with Gasteiger partial charge in [-0.15, -0.1) is 0 Å². The third kappa shape index (κ3) is 2.97. The molecule has 3 aromatic rings. The maximum Gasteiger partial charge on any atom is 0.356 e. The number of carbonyl (C=O) groups is 2. The summed E-state index contributed by atoms with van der Waals surface area (Å²) in [6.45, 7) is 0. The molecule has 0 aliphatic heterocycles. The van der Waals surface area contributed by atoms with Crippen LogP contribution in [0, 0.1) is 15.9 Å². The molecule has 132 valence electrons. The molecule has 0 radical (unpaired) electrons. The Morgan fingerprint density at radius 3 is 2.65 bits per heavy atom. The number of nitrogens with zero attached hydrogens (tertiary/aromatic N) is 1. The second kappa shape index (κ2) is 6.63. The molecule has 2 aromatic carbocycles. The largest absolute Gasteiger partial charge is 0.464 e. The summed E-state index contributed by atoms with van der Waals surface area (Å²) in [6.07, 6.45) is 0. The summed E-state index contributed by atoms with van der Waals surface area (Å²) < 4.78 is 18.3. The summed E-state index contributed by atoms with van der Waals surface area (Å²) in [5, 5.41) is 13.8. The van der Waals surface area contributed by atoms with Gasteiger partial charge < -0.3 is 15.0 Å². The van der Waals surface area contributed by atoms with Crippen molar-refractivity contribution in [2.75, 3.05) is 12.4 Å². The van der Waals surface area contributed by atoms with Gasteiger partial charge in [-0.1, -0.05) is 12.1 Å². The molecule has 0 fully saturated rings. The van der Waals surface area contributed by atoms with Crippen LogP contribution in [0.4, 0.5) is 15.8 Å². The van der Waals surface area contributed by atoms with Crippen molar-refractivity contribution in [1.29, 1.82) is 0 Å². The number of aromatic nitrogens is 1. The monoisotopic (exact) mass is 357 g/mol. The number of hydrogen-bond acceptors (Lipinski definition) is 5. The van der Waals surface area contributed by atoms with E-state index in [0.29, 0.717) is 5.52 Å². The molecule has 26 heavy (non-hydrogen) atoms. The van der Waals surface area contributed by atoms with E-state index in [9.17, 15) is 24.1 Å². The van der Waals surface area contributed by atoms with Gasteiger partial charge in [0.1, 0.15) is 17.1 Å². The molecule has 1 aromatic heterocycles. The van der Waals surface area contributed by atoms with Crippen molar-refractivity contribution < 1.29 is 23.6 Å². The number of ether oxygens (including phenoxy) is 1. The molecule has 8 nitrogen and oxygen atoms in total. The highest BCUT2D eigenvalue weighted by Crippen LogP contribution is 2.30. The Kier molecular flexibility index (Phi) is 4.36. The van der Waals surface area contributed by atoms with Gasteiger partial charge in [0.15, 0.2) is 0 Å². The number of rotatable bonds is 4. The van der Waals surface area contributed by atoms with Crippen molar-refractivity contribution in [2.24, 2.45) is 0 Å². The Bertz CT molecular complexity index is 1040. The Morgan fingerprint density at radius 2 is 1.96 bits per heavy atom. The Hall–Kier alpha value is -3.75. The van der Waals surface area contributed by atoms with Crippen molar-refractivity contribution in [3.05, 3.63) is 69.7 Å². The topological polar surface area (TPSA) is 114 Å². The number of nitro groups is 1. The number of nitrogens with one attached hydrogen (secondary N) is 2. The van der Waals surface area contributed by atoms with E-state index < -0.39 is 28.3 Å². The summed E-state index contributed by atoms with van der Waals surface area (Å²) in [7, 11) is 1.15. The minimum atomic E-state index is -0.812. The molecule has 0 saturated carbocycles. The van der Waals surface area contributed by atoms with Crippen molar-refractivity contribution >= 4 is 34.2 Å². The number of nitro benzene ring substituents is 1. The Balaban J connectivity index is 2.11. The summed E-state index contributed by atoms with van der Waals surface area (Å²) in [5.41, 5.74) is -0.311. The van der Waals surface area contributed by atoms with Crippen LogP contribution in [-0.2, 0) is 4.74 Å². The van der Waals surface area contributed by atoms with Crippen LogP contribution >= 0.6 is 0 Å². The van der Waals surface area contributed by atoms with Crippen LogP contribution in [0.25, 0.3) is 10.9 Å². The molecular weight excluding hydrogens is 345 g/mol. The number of esters is 1. The van der Waals surface area contributed by atoms with E-state index >= 15 is 0 Å². The first-order valence-corrected chi connectivity index (χ1v) is 7.36. The number of amides is 1. The van der Waals surface area contributed by atoms with E-state index in [1.54, 1.807) is 0 Å². The van der Waals surface area contributed by atoms with Crippen molar-refractivity contribution in [3.8, 4) is 0 Å². The molecular formula is C17H12FN3O5. The lowest BCUT2D eigenvalue weighted by atomic mass is 10.1. The zero-order valence-electron chi connectivity index (χ0n) is 13.4. The van der Waals surface area contributed by atoms with Gasteiger partial charge in [0, 0.05) is 17.0 Å². The number of carbonyl (C=O) groups excluding carboxylic acids is 2. The number of halogens is 1. The number of benzene rings is 2. The molecule has 0 spiro atoms. The summed E-state index contributed by atoms with van der Waals surface area (Å²) >= 11 is 0. The van der Waals surface area contributed by atoms with Crippen LogP contribution in [0.5, 0.6) is 0 Å². The van der Waals surface area contributed by atoms with Gasteiger partial charge in [-0.2, -0.15) is 0 Å². The molecule has 3 rings (SSSR count). The first-order chi connectivity index (χ1) is 12.4. The smallest absolute Gasteiger partial charge is 0.356 e. The van der Waals surface area contributed by atoms with Crippen LogP contribution < -0.4 is 5.32 Å². The van der Waals surface area contributed by atoms with E-state index in [-0.39, 0.29) is 22.3 Å². The van der Waals surface area contributed by atoms with Crippen LogP contribution in [0.3, 0.4) is 0 Å². The predicted molar refractivity (Wildman–Crippen MR) is 90.6 cm³/mol. The van der Waals surface area contributed by atoms with Crippen LogP contribution in [0.15, 0.2) is 42.5 Å². The molecule has 0 unspecified atom stereocenters. The van der Waals surface area contributed by atoms with Gasteiger partial charge >= 0.3 is 5.97 Å². The van der Waals surface area contributed by atoms with Gasteiger partial charge in [-0.25, -0.2) is 9.18 Å². The maximum absolute atomic E-state index is 13.6. The van der Waals surface area contributed by atoms with Crippen LogP contribution in [0.1, 0.15) is 20.8 Å². The molecule has 0 saturated heterocycles. The third-order valence-electron chi connectivity index (χ3n) is 3.73. The highest BCUT2D eigenvalue weighted by Gasteiger charge is 2.24. The minimum Gasteiger partial charge on any atom is -0.464 e. The van der Waals surface area contributed by atoms with Gasteiger partial charge in [-0.05, 0) is 24.3 Å². The molecule has 1 heterocycles. The van der Waals surface area contributed by atoms with E-state index in [0.717, 1.165) is 13.2 Å². The zero-order valence-corrected chi connectivity index (χ0v) is 13.4. The maximum atomic E-state index is 13.6. The van der Waals surface area contributed by atoms with E-state index in [1.807, 2.05) is 0 Å². The second-order valence-corrected chi connectivity index (χ2v) is 5.28. The minimum absolute atomic E-state index is 0.0190. The first-order valence-electron chi connectivity index (χ1n) is 7.36. The average Bonchev–Trinajstić information content (AvgIpc) is 2.98. The number of aromatic amines is 1. The number of para-hydroxylation sites is 1. The zero-order chi connectivity index (χ0) is 18.8. The van der Waals surface area contributed by atoms with Crippen LogP contribution in [0.2, 0.25) is 0 Å². The fraction of sp³-hybridized carbons (Fsp3) is 0.0588. The van der Waals surface area contributed by atoms with E-state index in [2.05, 4.69) is 15.0 Å². The summed E-state index contributed by atoms with van der Waals surface area (Å²) in [4.78, 5) is 37.7. The average molecular weight is 357 g/mol. The Morgan fingerprint density at radius 1 is 1.23 bits per heavy atom.